The van der Waals surface area contributed by atoms with Crippen molar-refractivity contribution in [2.75, 3.05) is 17.2 Å². The topological polar surface area (TPSA) is 70.6 Å². The molecule has 6 heteroatoms. The van der Waals surface area contributed by atoms with Crippen molar-refractivity contribution in [3.05, 3.63) is 23.2 Å². The molecule has 1 atom stereocenters. The van der Waals surface area contributed by atoms with Gasteiger partial charge in [-0.3, -0.25) is 14.6 Å². The van der Waals surface area contributed by atoms with Crippen LogP contribution in [0, 0.1) is 5.92 Å². The molecule has 1 aromatic rings. The van der Waals surface area contributed by atoms with Crippen LogP contribution in [0.2, 0.25) is 5.02 Å². The van der Waals surface area contributed by atoms with Gasteiger partial charge in [0.15, 0.2) is 5.92 Å². The fourth-order valence-corrected chi connectivity index (χ4v) is 2.01. The van der Waals surface area contributed by atoms with Crippen LogP contribution in [-0.4, -0.2) is 24.6 Å². The van der Waals surface area contributed by atoms with Gasteiger partial charge in [-0.1, -0.05) is 24.9 Å². The zero-order valence-corrected chi connectivity index (χ0v) is 11.9. The molecule has 0 radical (unpaired) electrons. The lowest BCUT2D eigenvalue weighted by Gasteiger charge is -2.06. The SMILES string of the molecule is CCCCN=CC1C(=O)Nc2ccc(Cl)cc2NC1=O. The van der Waals surface area contributed by atoms with Crippen molar-refractivity contribution < 1.29 is 9.59 Å². The van der Waals surface area contributed by atoms with E-state index in [2.05, 4.69) is 22.5 Å². The summed E-state index contributed by atoms with van der Waals surface area (Å²) >= 11 is 5.88. The molecule has 0 fully saturated rings. The van der Waals surface area contributed by atoms with Gasteiger partial charge in [0.2, 0.25) is 11.8 Å². The van der Waals surface area contributed by atoms with Gasteiger partial charge in [-0.2, -0.15) is 0 Å². The second-order valence-electron chi connectivity index (χ2n) is 4.55. The van der Waals surface area contributed by atoms with Gasteiger partial charge in [-0.15, -0.1) is 0 Å². The lowest BCUT2D eigenvalue weighted by molar-refractivity contribution is -0.126. The molecular weight excluding hydrogens is 278 g/mol. The molecule has 0 aromatic heterocycles. The van der Waals surface area contributed by atoms with Crippen LogP contribution >= 0.6 is 11.6 Å². The minimum Gasteiger partial charge on any atom is -0.323 e. The van der Waals surface area contributed by atoms with Crippen molar-refractivity contribution in [1.29, 1.82) is 0 Å². The van der Waals surface area contributed by atoms with Gasteiger partial charge in [0.25, 0.3) is 0 Å². The number of fused-ring (bicyclic) bond motifs is 1. The average molecular weight is 294 g/mol. The fourth-order valence-electron chi connectivity index (χ4n) is 1.83. The summed E-state index contributed by atoms with van der Waals surface area (Å²) in [7, 11) is 0. The normalized spacial score (nSPS) is 18.4. The predicted molar refractivity (Wildman–Crippen MR) is 80.5 cm³/mol. The number of carbonyl (C=O) groups excluding carboxylic acids is 2. The lowest BCUT2D eigenvalue weighted by atomic mass is 10.1. The number of halogens is 1. The first-order chi connectivity index (χ1) is 9.61. The van der Waals surface area contributed by atoms with Crippen molar-refractivity contribution in [2.24, 2.45) is 10.9 Å². The summed E-state index contributed by atoms with van der Waals surface area (Å²) < 4.78 is 0. The molecule has 1 unspecified atom stereocenters. The number of hydrogen-bond acceptors (Lipinski definition) is 3. The third kappa shape index (κ3) is 3.36. The van der Waals surface area contributed by atoms with Crippen LogP contribution in [0.3, 0.4) is 0 Å². The molecular formula is C14H16ClN3O2. The van der Waals surface area contributed by atoms with E-state index in [1.54, 1.807) is 18.2 Å². The van der Waals surface area contributed by atoms with Crippen molar-refractivity contribution in [3.63, 3.8) is 0 Å². The molecule has 2 amide bonds. The number of hydrogen-bond donors (Lipinski definition) is 2. The summed E-state index contributed by atoms with van der Waals surface area (Å²) in [6, 6.07) is 4.92. The summed E-state index contributed by atoms with van der Waals surface area (Å²) in [4.78, 5) is 28.2. The number of amides is 2. The molecule has 1 aliphatic heterocycles. The van der Waals surface area contributed by atoms with Crippen molar-refractivity contribution >= 4 is 41.0 Å². The van der Waals surface area contributed by atoms with Crippen molar-refractivity contribution in [3.8, 4) is 0 Å². The minimum atomic E-state index is -0.918. The minimum absolute atomic E-state index is 0.385. The number of benzene rings is 1. The predicted octanol–water partition coefficient (Wildman–Crippen LogP) is 2.72. The van der Waals surface area contributed by atoms with Gasteiger partial charge in [0.05, 0.1) is 11.4 Å². The Hall–Kier alpha value is -1.88. The maximum absolute atomic E-state index is 12.1. The van der Waals surface area contributed by atoms with Gasteiger partial charge in [0.1, 0.15) is 0 Å². The quantitative estimate of drug-likeness (QED) is 0.509. The summed E-state index contributed by atoms with van der Waals surface area (Å²) in [5.74, 6) is -1.70. The number of unbranched alkanes of at least 4 members (excludes halogenated alkanes) is 1. The summed E-state index contributed by atoms with van der Waals surface area (Å²) in [6.45, 7) is 2.67. The van der Waals surface area contributed by atoms with E-state index in [-0.39, 0.29) is 5.91 Å². The summed E-state index contributed by atoms with van der Waals surface area (Å²) in [5, 5.41) is 5.88. The number of aliphatic imine (C=N–C) groups is 1. The van der Waals surface area contributed by atoms with Crippen LogP contribution in [0.5, 0.6) is 0 Å². The molecule has 1 aromatic carbocycles. The van der Waals surface area contributed by atoms with E-state index in [9.17, 15) is 9.59 Å². The maximum Gasteiger partial charge on any atom is 0.242 e. The third-order valence-electron chi connectivity index (χ3n) is 2.96. The zero-order valence-electron chi connectivity index (χ0n) is 11.1. The lowest BCUT2D eigenvalue weighted by Crippen LogP contribution is -2.32. The van der Waals surface area contributed by atoms with E-state index in [0.29, 0.717) is 22.9 Å². The molecule has 2 rings (SSSR count). The van der Waals surface area contributed by atoms with E-state index in [1.807, 2.05) is 0 Å². The van der Waals surface area contributed by atoms with Crippen LogP contribution in [0.1, 0.15) is 19.8 Å². The number of rotatable bonds is 4. The molecule has 0 saturated carbocycles. The first-order valence-corrected chi connectivity index (χ1v) is 6.91. The Balaban J connectivity index is 2.17. The number of anilines is 2. The second-order valence-corrected chi connectivity index (χ2v) is 4.99. The first kappa shape index (κ1) is 14.5. The van der Waals surface area contributed by atoms with E-state index < -0.39 is 11.8 Å². The van der Waals surface area contributed by atoms with Crippen LogP contribution < -0.4 is 10.6 Å². The van der Waals surface area contributed by atoms with E-state index in [4.69, 9.17) is 11.6 Å². The van der Waals surface area contributed by atoms with Crippen LogP contribution in [0.15, 0.2) is 23.2 Å². The zero-order chi connectivity index (χ0) is 14.5. The van der Waals surface area contributed by atoms with Gasteiger partial charge >= 0.3 is 0 Å². The highest BCUT2D eigenvalue weighted by atomic mass is 35.5. The standard InChI is InChI=1S/C14H16ClN3O2/c1-2-3-6-16-8-10-13(19)17-11-5-4-9(15)7-12(11)18-14(10)20/h4-5,7-8,10H,2-3,6H2,1H3,(H,17,19)(H,18,20). The molecule has 2 N–H and O–H groups in total. The van der Waals surface area contributed by atoms with Gasteiger partial charge in [-0.25, -0.2) is 0 Å². The van der Waals surface area contributed by atoms with E-state index in [1.165, 1.54) is 6.21 Å². The second kappa shape index (κ2) is 6.52. The summed E-state index contributed by atoms with van der Waals surface area (Å²) in [5.41, 5.74) is 1.04. The Morgan fingerprint density at radius 1 is 1.25 bits per heavy atom. The van der Waals surface area contributed by atoms with Crippen LogP contribution in [0.4, 0.5) is 11.4 Å². The molecule has 0 bridgehead atoms. The molecule has 0 saturated heterocycles. The smallest absolute Gasteiger partial charge is 0.242 e. The van der Waals surface area contributed by atoms with Crippen molar-refractivity contribution in [2.45, 2.75) is 19.8 Å². The molecule has 0 aliphatic carbocycles. The van der Waals surface area contributed by atoms with Gasteiger partial charge in [-0.05, 0) is 24.6 Å². The molecule has 1 heterocycles. The highest BCUT2D eigenvalue weighted by molar-refractivity contribution is 6.31. The Morgan fingerprint density at radius 2 is 1.95 bits per heavy atom. The molecule has 1 aliphatic rings. The number of nitrogens with zero attached hydrogens (tertiary/aromatic N) is 1. The van der Waals surface area contributed by atoms with E-state index >= 15 is 0 Å². The van der Waals surface area contributed by atoms with Gasteiger partial charge < -0.3 is 10.6 Å². The largest absolute Gasteiger partial charge is 0.323 e. The average Bonchev–Trinajstić information content (AvgIpc) is 2.52. The maximum atomic E-state index is 12.1. The fraction of sp³-hybridized carbons (Fsp3) is 0.357. The Bertz CT molecular complexity index is 557. The summed E-state index contributed by atoms with van der Waals surface area (Å²) in [6.07, 6.45) is 3.36. The van der Waals surface area contributed by atoms with Crippen LogP contribution in [-0.2, 0) is 9.59 Å². The van der Waals surface area contributed by atoms with Crippen LogP contribution in [0.25, 0.3) is 0 Å². The molecule has 20 heavy (non-hydrogen) atoms. The Labute approximate surface area is 122 Å². The molecule has 106 valence electrons. The van der Waals surface area contributed by atoms with E-state index in [0.717, 1.165) is 12.8 Å². The Morgan fingerprint density at radius 3 is 2.65 bits per heavy atom. The first-order valence-electron chi connectivity index (χ1n) is 6.53. The highest BCUT2D eigenvalue weighted by Gasteiger charge is 2.29. The molecule has 5 nitrogen and oxygen atoms in total. The number of nitrogens with one attached hydrogen (secondary N) is 2. The van der Waals surface area contributed by atoms with Gasteiger partial charge in [0, 0.05) is 17.8 Å². The monoisotopic (exact) mass is 293 g/mol. The highest BCUT2D eigenvalue weighted by Crippen LogP contribution is 2.28. The van der Waals surface area contributed by atoms with Crippen molar-refractivity contribution in [1.82, 2.24) is 0 Å². The third-order valence-corrected chi connectivity index (χ3v) is 3.19. The molecule has 0 spiro atoms. The number of carbonyl (C=O) groups is 2. The Kier molecular flexibility index (Phi) is 4.74.